The third kappa shape index (κ3) is 5.58. The number of nitrogens with one attached hydrogen (secondary N) is 1. The van der Waals surface area contributed by atoms with E-state index in [9.17, 15) is 13.2 Å². The highest BCUT2D eigenvalue weighted by atomic mass is 32.2. The van der Waals surface area contributed by atoms with Crippen molar-refractivity contribution in [1.29, 1.82) is 0 Å². The molecule has 0 spiro atoms. The van der Waals surface area contributed by atoms with E-state index in [4.69, 9.17) is 9.47 Å². The molecule has 0 unspecified atom stereocenters. The molecule has 1 N–H and O–H groups in total. The Kier molecular flexibility index (Phi) is 7.49. The lowest BCUT2D eigenvalue weighted by molar-refractivity contribution is 0.102. The van der Waals surface area contributed by atoms with Crippen molar-refractivity contribution in [2.45, 2.75) is 30.8 Å². The van der Waals surface area contributed by atoms with Gasteiger partial charge in [0.25, 0.3) is 5.91 Å². The standard InChI is InChI=1S/C26H28N2O5S/c1-32-25-14-13-23(34(30,31)28-15-6-3-7-16-28)18-24(25)27-26(29)21-11-8-12-22(17-21)33-19-20-9-4-2-5-10-20/h2,4-5,8-14,17-18H,3,6-7,15-16,19H2,1H3,(H,27,29). The number of anilines is 1. The number of rotatable bonds is 8. The summed E-state index contributed by atoms with van der Waals surface area (Å²) < 4.78 is 38.8. The van der Waals surface area contributed by atoms with Crippen molar-refractivity contribution < 1.29 is 22.7 Å². The number of amides is 1. The lowest BCUT2D eigenvalue weighted by Gasteiger charge is -2.26. The van der Waals surface area contributed by atoms with Gasteiger partial charge in [-0.1, -0.05) is 42.8 Å². The van der Waals surface area contributed by atoms with Gasteiger partial charge in [-0.25, -0.2) is 8.42 Å². The van der Waals surface area contributed by atoms with E-state index in [1.54, 1.807) is 30.3 Å². The van der Waals surface area contributed by atoms with Crippen molar-refractivity contribution in [3.05, 3.63) is 83.9 Å². The van der Waals surface area contributed by atoms with Crippen LogP contribution in [-0.4, -0.2) is 38.8 Å². The molecule has 34 heavy (non-hydrogen) atoms. The molecule has 7 nitrogen and oxygen atoms in total. The van der Waals surface area contributed by atoms with Crippen LogP contribution in [0.3, 0.4) is 0 Å². The summed E-state index contributed by atoms with van der Waals surface area (Å²) >= 11 is 0. The van der Waals surface area contributed by atoms with Gasteiger partial charge < -0.3 is 14.8 Å². The molecule has 1 heterocycles. The molecular weight excluding hydrogens is 452 g/mol. The first-order chi connectivity index (χ1) is 16.5. The summed E-state index contributed by atoms with van der Waals surface area (Å²) in [7, 11) is -2.17. The number of nitrogens with zero attached hydrogens (tertiary/aromatic N) is 1. The van der Waals surface area contributed by atoms with Gasteiger partial charge in [0.15, 0.2) is 0 Å². The van der Waals surface area contributed by atoms with E-state index in [1.807, 2.05) is 30.3 Å². The number of ether oxygens (including phenoxy) is 2. The zero-order valence-electron chi connectivity index (χ0n) is 19.1. The Hall–Kier alpha value is -3.36. The van der Waals surface area contributed by atoms with Crippen LogP contribution in [0.2, 0.25) is 0 Å². The van der Waals surface area contributed by atoms with E-state index in [0.717, 1.165) is 24.8 Å². The second-order valence-corrected chi connectivity index (χ2v) is 10.0. The number of hydrogen-bond acceptors (Lipinski definition) is 5. The second kappa shape index (κ2) is 10.7. The summed E-state index contributed by atoms with van der Waals surface area (Å²) in [4.78, 5) is 13.1. The van der Waals surface area contributed by atoms with Crippen LogP contribution in [0.4, 0.5) is 5.69 Å². The van der Waals surface area contributed by atoms with Crippen molar-refractivity contribution in [2.24, 2.45) is 0 Å². The fraction of sp³-hybridized carbons (Fsp3) is 0.269. The summed E-state index contributed by atoms with van der Waals surface area (Å²) in [5.41, 5.74) is 1.70. The number of piperidine rings is 1. The summed E-state index contributed by atoms with van der Waals surface area (Å²) in [5.74, 6) is 0.545. The van der Waals surface area contributed by atoms with Crippen LogP contribution in [-0.2, 0) is 16.6 Å². The molecule has 0 aromatic heterocycles. The van der Waals surface area contributed by atoms with E-state index < -0.39 is 15.9 Å². The van der Waals surface area contributed by atoms with Gasteiger partial charge in [-0.2, -0.15) is 4.31 Å². The van der Waals surface area contributed by atoms with Crippen LogP contribution >= 0.6 is 0 Å². The molecule has 3 aromatic carbocycles. The SMILES string of the molecule is COc1ccc(S(=O)(=O)N2CCCCC2)cc1NC(=O)c1cccc(OCc2ccccc2)c1. The lowest BCUT2D eigenvalue weighted by atomic mass is 10.2. The number of methoxy groups -OCH3 is 1. The molecule has 0 saturated carbocycles. The van der Waals surface area contributed by atoms with Crippen LogP contribution in [0.5, 0.6) is 11.5 Å². The van der Waals surface area contributed by atoms with Crippen LogP contribution in [0, 0.1) is 0 Å². The maximum absolute atomic E-state index is 13.1. The predicted octanol–water partition coefficient (Wildman–Crippen LogP) is 4.70. The zero-order valence-corrected chi connectivity index (χ0v) is 19.9. The minimum atomic E-state index is -3.64. The van der Waals surface area contributed by atoms with Gasteiger partial charge in [-0.3, -0.25) is 4.79 Å². The quantitative estimate of drug-likeness (QED) is 0.505. The number of benzene rings is 3. The van der Waals surface area contributed by atoms with E-state index in [2.05, 4.69) is 5.32 Å². The summed E-state index contributed by atoms with van der Waals surface area (Å²) in [6, 6.07) is 21.1. The lowest BCUT2D eigenvalue weighted by Crippen LogP contribution is -2.35. The monoisotopic (exact) mass is 480 g/mol. The fourth-order valence-electron chi connectivity index (χ4n) is 3.86. The Morgan fingerprint density at radius 1 is 0.941 bits per heavy atom. The predicted molar refractivity (Wildman–Crippen MR) is 131 cm³/mol. The summed E-state index contributed by atoms with van der Waals surface area (Å²) in [6.07, 6.45) is 2.73. The van der Waals surface area contributed by atoms with Crippen molar-refractivity contribution >= 4 is 21.6 Å². The molecule has 0 bridgehead atoms. The van der Waals surface area contributed by atoms with Crippen LogP contribution in [0.25, 0.3) is 0 Å². The van der Waals surface area contributed by atoms with Gasteiger partial charge in [0.2, 0.25) is 10.0 Å². The van der Waals surface area contributed by atoms with E-state index in [1.165, 1.54) is 23.5 Å². The van der Waals surface area contributed by atoms with Crippen LogP contribution < -0.4 is 14.8 Å². The largest absolute Gasteiger partial charge is 0.495 e. The smallest absolute Gasteiger partial charge is 0.255 e. The molecule has 1 amide bonds. The van der Waals surface area contributed by atoms with Crippen molar-refractivity contribution in [3.8, 4) is 11.5 Å². The summed E-state index contributed by atoms with van der Waals surface area (Å²) in [6.45, 7) is 1.40. The van der Waals surface area contributed by atoms with Crippen LogP contribution in [0.1, 0.15) is 35.2 Å². The molecule has 0 atom stereocenters. The van der Waals surface area contributed by atoms with Crippen molar-refractivity contribution in [2.75, 3.05) is 25.5 Å². The number of sulfonamides is 1. The molecular formula is C26H28N2O5S. The van der Waals surface area contributed by atoms with Gasteiger partial charge in [-0.15, -0.1) is 0 Å². The molecule has 0 radical (unpaired) electrons. The molecule has 1 fully saturated rings. The average molecular weight is 481 g/mol. The maximum Gasteiger partial charge on any atom is 0.255 e. The van der Waals surface area contributed by atoms with Gasteiger partial charge in [0, 0.05) is 18.7 Å². The third-order valence-electron chi connectivity index (χ3n) is 5.72. The van der Waals surface area contributed by atoms with Gasteiger partial charge in [0.1, 0.15) is 18.1 Å². The fourth-order valence-corrected chi connectivity index (χ4v) is 5.41. The molecule has 1 aliphatic rings. The molecule has 0 aliphatic carbocycles. The first kappa shape index (κ1) is 23.8. The Bertz CT molecular complexity index is 1240. The highest BCUT2D eigenvalue weighted by Crippen LogP contribution is 2.30. The highest BCUT2D eigenvalue weighted by Gasteiger charge is 2.27. The van der Waals surface area contributed by atoms with Crippen molar-refractivity contribution in [3.63, 3.8) is 0 Å². The van der Waals surface area contributed by atoms with E-state index in [-0.39, 0.29) is 4.90 Å². The summed E-state index contributed by atoms with van der Waals surface area (Å²) in [5, 5.41) is 2.79. The number of carbonyl (C=O) groups excluding carboxylic acids is 1. The second-order valence-electron chi connectivity index (χ2n) is 8.08. The zero-order chi connectivity index (χ0) is 24.0. The van der Waals surface area contributed by atoms with Gasteiger partial charge in [0.05, 0.1) is 17.7 Å². The van der Waals surface area contributed by atoms with E-state index in [0.29, 0.717) is 42.4 Å². The van der Waals surface area contributed by atoms with Gasteiger partial charge in [-0.05, 0) is 54.8 Å². The Labute approximate surface area is 200 Å². The molecule has 8 heteroatoms. The minimum Gasteiger partial charge on any atom is -0.495 e. The first-order valence-corrected chi connectivity index (χ1v) is 12.7. The van der Waals surface area contributed by atoms with Gasteiger partial charge >= 0.3 is 0 Å². The molecule has 178 valence electrons. The molecule has 4 rings (SSSR count). The first-order valence-electron chi connectivity index (χ1n) is 11.2. The Balaban J connectivity index is 1.51. The van der Waals surface area contributed by atoms with Crippen molar-refractivity contribution in [1.82, 2.24) is 4.31 Å². The highest BCUT2D eigenvalue weighted by molar-refractivity contribution is 7.89. The molecule has 1 aliphatic heterocycles. The normalized spacial score (nSPS) is 14.4. The van der Waals surface area contributed by atoms with E-state index >= 15 is 0 Å². The molecule has 1 saturated heterocycles. The molecule has 3 aromatic rings. The third-order valence-corrected chi connectivity index (χ3v) is 7.61. The topological polar surface area (TPSA) is 84.9 Å². The Morgan fingerprint density at radius 3 is 2.44 bits per heavy atom. The maximum atomic E-state index is 13.1. The minimum absolute atomic E-state index is 0.130. The Morgan fingerprint density at radius 2 is 1.71 bits per heavy atom. The number of hydrogen-bond donors (Lipinski definition) is 1. The average Bonchev–Trinajstić information content (AvgIpc) is 2.88. The number of carbonyl (C=O) groups is 1. The van der Waals surface area contributed by atoms with Crippen LogP contribution in [0.15, 0.2) is 77.7 Å².